The fraction of sp³-hybridized carbons (Fsp3) is 0.500. The van der Waals surface area contributed by atoms with E-state index in [1.54, 1.807) is 20.8 Å². The Hall–Kier alpha value is -3.08. The van der Waals surface area contributed by atoms with E-state index in [1.165, 1.54) is 12.1 Å². The number of nitro groups is 1. The molecule has 0 bridgehead atoms. The number of amides is 1. The van der Waals surface area contributed by atoms with Crippen LogP contribution in [0.25, 0.3) is 0 Å². The highest BCUT2D eigenvalue weighted by Crippen LogP contribution is 2.35. The van der Waals surface area contributed by atoms with Crippen LogP contribution >= 0.6 is 11.6 Å². The largest absolute Gasteiger partial charge is 0.470 e. The van der Waals surface area contributed by atoms with Crippen molar-refractivity contribution in [2.75, 3.05) is 14.2 Å². The lowest BCUT2D eigenvalue weighted by Gasteiger charge is -2.25. The van der Waals surface area contributed by atoms with Crippen LogP contribution in [0.5, 0.6) is 5.75 Å². The summed E-state index contributed by atoms with van der Waals surface area (Å²) < 4.78 is 19.8. The number of esters is 2. The maximum Gasteiger partial charge on any atom is 0.408 e. The summed E-state index contributed by atoms with van der Waals surface area (Å²) in [5, 5.41) is 13.4. The molecule has 0 spiro atoms. The topological polar surface area (TPSA) is 143 Å². The van der Waals surface area contributed by atoms with E-state index in [1.807, 2.05) is 0 Å². The fourth-order valence-electron chi connectivity index (χ4n) is 2.24. The monoisotopic (exact) mass is 446 g/mol. The van der Waals surface area contributed by atoms with Crippen molar-refractivity contribution in [3.8, 4) is 5.75 Å². The molecule has 0 saturated carbocycles. The molecule has 0 saturated heterocycles. The third-order valence-corrected chi connectivity index (χ3v) is 3.79. The number of methoxy groups -OCH3 is 2. The van der Waals surface area contributed by atoms with Gasteiger partial charge in [0.15, 0.2) is 6.10 Å². The van der Waals surface area contributed by atoms with Gasteiger partial charge in [0.1, 0.15) is 11.6 Å². The summed E-state index contributed by atoms with van der Waals surface area (Å²) in [6, 6.07) is 2.42. The zero-order valence-corrected chi connectivity index (χ0v) is 17.8. The van der Waals surface area contributed by atoms with Crippen LogP contribution in [0.4, 0.5) is 10.5 Å². The first-order chi connectivity index (χ1) is 13.9. The molecule has 0 aliphatic heterocycles. The fourth-order valence-corrected chi connectivity index (χ4v) is 2.46. The van der Waals surface area contributed by atoms with Gasteiger partial charge in [-0.3, -0.25) is 10.1 Å². The van der Waals surface area contributed by atoms with Gasteiger partial charge in [-0.05, 0) is 26.8 Å². The Morgan fingerprint density at radius 1 is 1.17 bits per heavy atom. The lowest BCUT2D eigenvalue weighted by atomic mass is 10.1. The summed E-state index contributed by atoms with van der Waals surface area (Å²) in [6.07, 6.45) is -2.95. The summed E-state index contributed by atoms with van der Waals surface area (Å²) in [6.45, 7) is 4.86. The first-order valence-corrected chi connectivity index (χ1v) is 9.02. The molecule has 166 valence electrons. The Morgan fingerprint density at radius 3 is 2.27 bits per heavy atom. The second-order valence-electron chi connectivity index (χ2n) is 6.93. The van der Waals surface area contributed by atoms with Crippen LogP contribution in [0.2, 0.25) is 5.02 Å². The number of carbonyl (C=O) groups is 3. The van der Waals surface area contributed by atoms with Crippen LogP contribution in [-0.4, -0.2) is 54.9 Å². The normalized spacial score (nSPS) is 12.9. The van der Waals surface area contributed by atoms with E-state index in [2.05, 4.69) is 14.8 Å². The summed E-state index contributed by atoms with van der Waals surface area (Å²) in [4.78, 5) is 46.9. The molecule has 1 aromatic rings. The number of hydrogen-bond acceptors (Lipinski definition) is 9. The molecule has 12 heteroatoms. The number of hydrogen-bond donors (Lipinski definition) is 1. The molecule has 1 N–H and O–H groups in total. The maximum atomic E-state index is 12.2. The highest BCUT2D eigenvalue weighted by atomic mass is 35.5. The number of para-hydroxylation sites is 1. The van der Waals surface area contributed by atoms with Crippen LogP contribution in [-0.2, 0) is 23.8 Å². The molecule has 30 heavy (non-hydrogen) atoms. The Kier molecular flexibility index (Phi) is 8.84. The molecule has 1 aromatic carbocycles. The zero-order valence-electron chi connectivity index (χ0n) is 17.1. The van der Waals surface area contributed by atoms with Gasteiger partial charge in [0.05, 0.1) is 24.2 Å². The Balaban J connectivity index is 3.18. The molecule has 1 rings (SSSR count). The van der Waals surface area contributed by atoms with Crippen molar-refractivity contribution in [2.45, 2.75) is 44.9 Å². The second kappa shape index (κ2) is 10.6. The predicted octanol–water partition coefficient (Wildman–Crippen LogP) is 2.63. The van der Waals surface area contributed by atoms with Gasteiger partial charge >= 0.3 is 23.7 Å². The lowest BCUT2D eigenvalue weighted by Crippen LogP contribution is -2.47. The Morgan fingerprint density at radius 2 is 1.77 bits per heavy atom. The average Bonchev–Trinajstić information content (AvgIpc) is 2.64. The molecule has 0 aliphatic rings. The van der Waals surface area contributed by atoms with E-state index in [4.69, 9.17) is 21.1 Å². The van der Waals surface area contributed by atoms with Gasteiger partial charge in [-0.1, -0.05) is 17.7 Å². The molecule has 0 unspecified atom stereocenters. The molecule has 0 fully saturated rings. The number of alkyl carbamates (subject to hydrolysis) is 1. The van der Waals surface area contributed by atoms with E-state index in [0.717, 1.165) is 20.3 Å². The van der Waals surface area contributed by atoms with Gasteiger partial charge in [0.2, 0.25) is 5.75 Å². The van der Waals surface area contributed by atoms with Crippen LogP contribution in [0.15, 0.2) is 18.2 Å². The van der Waals surface area contributed by atoms with Crippen molar-refractivity contribution in [1.82, 2.24) is 5.32 Å². The maximum absolute atomic E-state index is 12.2. The second-order valence-corrected chi connectivity index (χ2v) is 7.34. The SMILES string of the molecule is COC(=O)[C@H](C[C@H](Oc1c(Cl)cccc1[N+](=O)[O-])C(=O)OC)NC(=O)OC(C)(C)C. The van der Waals surface area contributed by atoms with Crippen molar-refractivity contribution in [2.24, 2.45) is 0 Å². The molecule has 0 heterocycles. The molecule has 0 aliphatic carbocycles. The van der Waals surface area contributed by atoms with Crippen LogP contribution in [0.3, 0.4) is 0 Å². The van der Waals surface area contributed by atoms with Gasteiger partial charge in [0, 0.05) is 12.5 Å². The van der Waals surface area contributed by atoms with Crippen LogP contribution in [0, 0.1) is 10.1 Å². The van der Waals surface area contributed by atoms with E-state index >= 15 is 0 Å². The Bertz CT molecular complexity index is 807. The predicted molar refractivity (Wildman–Crippen MR) is 104 cm³/mol. The van der Waals surface area contributed by atoms with Gasteiger partial charge in [-0.15, -0.1) is 0 Å². The third kappa shape index (κ3) is 7.39. The summed E-state index contributed by atoms with van der Waals surface area (Å²) in [7, 11) is 2.15. The summed E-state index contributed by atoms with van der Waals surface area (Å²) >= 11 is 5.99. The molecular formula is C18H23ClN2O9. The molecule has 11 nitrogen and oxygen atoms in total. The van der Waals surface area contributed by atoms with E-state index in [0.29, 0.717) is 0 Å². The van der Waals surface area contributed by atoms with Crippen molar-refractivity contribution in [3.05, 3.63) is 33.3 Å². The highest BCUT2D eigenvalue weighted by Gasteiger charge is 2.34. The summed E-state index contributed by atoms with van der Waals surface area (Å²) in [5.74, 6) is -2.24. The third-order valence-electron chi connectivity index (χ3n) is 3.49. The van der Waals surface area contributed by atoms with Crippen molar-refractivity contribution in [1.29, 1.82) is 0 Å². The van der Waals surface area contributed by atoms with E-state index in [-0.39, 0.29) is 10.8 Å². The smallest absolute Gasteiger partial charge is 0.408 e. The number of carbonyl (C=O) groups excluding carboxylic acids is 3. The minimum atomic E-state index is -1.53. The van der Waals surface area contributed by atoms with Crippen molar-refractivity contribution in [3.63, 3.8) is 0 Å². The quantitative estimate of drug-likeness (QED) is 0.275. The number of nitro benzene ring substituents is 1. The number of rotatable bonds is 8. The van der Waals surface area contributed by atoms with Crippen molar-refractivity contribution >= 4 is 35.3 Å². The van der Waals surface area contributed by atoms with Gasteiger partial charge in [-0.2, -0.15) is 0 Å². The minimum Gasteiger partial charge on any atom is -0.470 e. The summed E-state index contributed by atoms with van der Waals surface area (Å²) in [5.41, 5.74) is -1.34. The molecule has 0 radical (unpaired) electrons. The number of benzene rings is 1. The number of ether oxygens (including phenoxy) is 4. The highest BCUT2D eigenvalue weighted by molar-refractivity contribution is 6.32. The van der Waals surface area contributed by atoms with E-state index < -0.39 is 52.8 Å². The first-order valence-electron chi connectivity index (χ1n) is 8.64. The minimum absolute atomic E-state index is 0.132. The van der Waals surface area contributed by atoms with Crippen LogP contribution < -0.4 is 10.1 Å². The van der Waals surface area contributed by atoms with Crippen molar-refractivity contribution < 1.29 is 38.3 Å². The number of nitrogens with one attached hydrogen (secondary N) is 1. The first kappa shape index (κ1) is 25.0. The molecule has 0 aromatic heterocycles. The molecule has 1 amide bonds. The van der Waals surface area contributed by atoms with E-state index in [9.17, 15) is 24.5 Å². The average molecular weight is 447 g/mol. The Labute approximate surface area is 177 Å². The zero-order chi connectivity index (χ0) is 23.1. The lowest BCUT2D eigenvalue weighted by molar-refractivity contribution is -0.386. The molecule has 2 atom stereocenters. The van der Waals surface area contributed by atoms with Gasteiger partial charge < -0.3 is 24.3 Å². The van der Waals surface area contributed by atoms with Crippen LogP contribution in [0.1, 0.15) is 27.2 Å². The number of nitrogens with zero attached hydrogens (tertiary/aromatic N) is 1. The molecular weight excluding hydrogens is 424 g/mol. The van der Waals surface area contributed by atoms with Gasteiger partial charge in [0.25, 0.3) is 0 Å². The van der Waals surface area contributed by atoms with Gasteiger partial charge in [-0.25, -0.2) is 14.4 Å². The number of halogens is 1. The standard InChI is InChI=1S/C18H23ClN2O9/c1-18(2,3)30-17(24)20-11(15(22)27-4)9-13(16(23)28-5)29-14-10(19)7-6-8-12(14)21(25)26/h6-8,11,13H,9H2,1-5H3,(H,20,24)/t11-,13-/m0/s1.